The Labute approximate surface area is 170 Å². The van der Waals surface area contributed by atoms with E-state index in [1.165, 1.54) is 0 Å². The largest absolute Gasteiger partial charge is 0.465 e. The third-order valence-electron chi connectivity index (χ3n) is 5.99. The van der Waals surface area contributed by atoms with Crippen molar-refractivity contribution in [1.82, 2.24) is 9.88 Å². The normalized spacial score (nSPS) is 20.8. The van der Waals surface area contributed by atoms with E-state index in [1.807, 2.05) is 41.3 Å². The van der Waals surface area contributed by atoms with Crippen molar-refractivity contribution >= 4 is 28.5 Å². The predicted octanol–water partition coefficient (Wildman–Crippen LogP) is 4.27. The van der Waals surface area contributed by atoms with Crippen molar-refractivity contribution in [2.75, 3.05) is 13.1 Å². The molecule has 2 aromatic heterocycles. The standard InChI is InChI=1S/C24H25N3O2/c25-17-7-4-12-27(15-17)24(28)22-19-9-1-2-11-21(19)26-23-16(6-3-10-20(22)23)14-18-8-5-13-29-18/h1-2,5,8-9,11,13-14,17H,3-4,6-7,10,12,15,25H2/b16-14-. The zero-order chi connectivity index (χ0) is 19.8. The number of carbonyl (C=O) groups is 1. The number of hydrogen-bond donors (Lipinski definition) is 1. The number of benzene rings is 1. The van der Waals surface area contributed by atoms with Gasteiger partial charge in [0.05, 0.1) is 23.0 Å². The Morgan fingerprint density at radius 3 is 2.90 bits per heavy atom. The second kappa shape index (κ2) is 7.48. The lowest BCUT2D eigenvalue weighted by Crippen LogP contribution is -2.46. The number of furan rings is 1. The maximum atomic E-state index is 13.7. The van der Waals surface area contributed by atoms with Gasteiger partial charge in [0.25, 0.3) is 5.91 Å². The maximum Gasteiger partial charge on any atom is 0.254 e. The molecule has 1 fully saturated rings. The van der Waals surface area contributed by atoms with E-state index in [0.29, 0.717) is 6.54 Å². The van der Waals surface area contributed by atoms with Crippen LogP contribution in [0.3, 0.4) is 0 Å². The summed E-state index contributed by atoms with van der Waals surface area (Å²) in [7, 11) is 0. The lowest BCUT2D eigenvalue weighted by molar-refractivity contribution is 0.0709. The van der Waals surface area contributed by atoms with E-state index < -0.39 is 0 Å². The summed E-state index contributed by atoms with van der Waals surface area (Å²) >= 11 is 0. The van der Waals surface area contributed by atoms with Crippen LogP contribution < -0.4 is 5.73 Å². The number of nitrogens with two attached hydrogens (primary N) is 1. The van der Waals surface area contributed by atoms with Crippen LogP contribution in [-0.2, 0) is 6.42 Å². The first kappa shape index (κ1) is 18.1. The zero-order valence-corrected chi connectivity index (χ0v) is 16.4. The molecule has 1 unspecified atom stereocenters. The fourth-order valence-electron chi connectivity index (χ4n) is 4.62. The Hall–Kier alpha value is -2.92. The van der Waals surface area contributed by atoms with Crippen LogP contribution in [0, 0.1) is 0 Å². The van der Waals surface area contributed by atoms with Gasteiger partial charge in [0.1, 0.15) is 5.76 Å². The van der Waals surface area contributed by atoms with Crippen LogP contribution in [-0.4, -0.2) is 34.9 Å². The number of fused-ring (bicyclic) bond motifs is 2. The summed E-state index contributed by atoms with van der Waals surface area (Å²) in [5, 5.41) is 0.939. The quantitative estimate of drug-likeness (QED) is 0.713. The molecule has 2 N–H and O–H groups in total. The Balaban J connectivity index is 1.68. The second-order valence-corrected chi connectivity index (χ2v) is 8.02. The molecule has 5 rings (SSSR count). The van der Waals surface area contributed by atoms with Crippen LogP contribution in [0.4, 0.5) is 0 Å². The molecule has 3 heterocycles. The molecule has 5 nitrogen and oxygen atoms in total. The summed E-state index contributed by atoms with van der Waals surface area (Å²) < 4.78 is 5.53. The summed E-state index contributed by atoms with van der Waals surface area (Å²) in [6, 6.07) is 11.9. The molecule has 1 atom stereocenters. The van der Waals surface area contributed by atoms with E-state index in [2.05, 4.69) is 6.08 Å². The first-order valence-electron chi connectivity index (χ1n) is 10.4. The molecule has 1 aromatic carbocycles. The van der Waals surface area contributed by atoms with Crippen LogP contribution in [0.2, 0.25) is 0 Å². The highest BCUT2D eigenvalue weighted by atomic mass is 16.3. The van der Waals surface area contributed by atoms with Crippen molar-refractivity contribution < 1.29 is 9.21 Å². The minimum atomic E-state index is 0.0611. The summed E-state index contributed by atoms with van der Waals surface area (Å²) in [5.41, 5.74) is 11.0. The fraction of sp³-hybridized carbons (Fsp3) is 0.333. The van der Waals surface area contributed by atoms with Gasteiger partial charge in [0.2, 0.25) is 0 Å². The van der Waals surface area contributed by atoms with Crippen molar-refractivity contribution in [1.29, 1.82) is 0 Å². The lowest BCUT2D eigenvalue weighted by Gasteiger charge is -2.32. The van der Waals surface area contributed by atoms with Crippen LogP contribution in [0.5, 0.6) is 0 Å². The smallest absolute Gasteiger partial charge is 0.254 e. The van der Waals surface area contributed by atoms with Crippen LogP contribution >= 0.6 is 0 Å². The fourth-order valence-corrected chi connectivity index (χ4v) is 4.62. The Bertz CT molecular complexity index is 1080. The van der Waals surface area contributed by atoms with Crippen molar-refractivity contribution in [3.05, 3.63) is 65.2 Å². The van der Waals surface area contributed by atoms with Gasteiger partial charge in [0, 0.05) is 24.5 Å². The van der Waals surface area contributed by atoms with Gasteiger partial charge in [-0.25, -0.2) is 4.98 Å². The third kappa shape index (κ3) is 3.36. The van der Waals surface area contributed by atoms with Crippen molar-refractivity contribution in [2.24, 2.45) is 5.73 Å². The molecular formula is C24H25N3O2. The molecule has 0 bridgehead atoms. The van der Waals surface area contributed by atoms with Gasteiger partial charge in [-0.15, -0.1) is 0 Å². The molecule has 0 saturated carbocycles. The summed E-state index contributed by atoms with van der Waals surface area (Å²) in [6.45, 7) is 1.40. The molecule has 1 saturated heterocycles. The van der Waals surface area contributed by atoms with E-state index in [0.717, 1.165) is 77.7 Å². The number of piperidine rings is 1. The number of rotatable bonds is 2. The number of aromatic nitrogens is 1. The first-order chi connectivity index (χ1) is 14.2. The van der Waals surface area contributed by atoms with Crippen molar-refractivity contribution in [3.63, 3.8) is 0 Å². The molecule has 5 heteroatoms. The van der Waals surface area contributed by atoms with E-state index in [9.17, 15) is 4.79 Å². The number of pyridine rings is 1. The molecule has 1 amide bonds. The number of hydrogen-bond acceptors (Lipinski definition) is 4. The summed E-state index contributed by atoms with van der Waals surface area (Å²) in [6.07, 6.45) is 8.48. The summed E-state index contributed by atoms with van der Waals surface area (Å²) in [5.74, 6) is 0.909. The number of allylic oxidation sites excluding steroid dienone is 1. The van der Waals surface area contributed by atoms with E-state index in [1.54, 1.807) is 6.26 Å². The molecule has 1 aliphatic carbocycles. The number of nitrogens with zero attached hydrogens (tertiary/aromatic N) is 2. The molecule has 1 aliphatic heterocycles. The Morgan fingerprint density at radius 2 is 2.07 bits per heavy atom. The monoisotopic (exact) mass is 387 g/mol. The van der Waals surface area contributed by atoms with Gasteiger partial charge in [-0.2, -0.15) is 0 Å². The molecule has 2 aliphatic rings. The number of amides is 1. The number of likely N-dealkylation sites (tertiary alicyclic amines) is 1. The molecule has 29 heavy (non-hydrogen) atoms. The van der Waals surface area contributed by atoms with Gasteiger partial charge in [0.15, 0.2) is 0 Å². The van der Waals surface area contributed by atoms with Crippen LogP contribution in [0.25, 0.3) is 22.6 Å². The van der Waals surface area contributed by atoms with Gasteiger partial charge in [-0.1, -0.05) is 18.2 Å². The minimum absolute atomic E-state index is 0.0611. The zero-order valence-electron chi connectivity index (χ0n) is 16.4. The Kier molecular flexibility index (Phi) is 4.68. The SMILES string of the molecule is NC1CCCN(C(=O)c2c3c(nc4ccccc24)/C(=C\c2ccco2)CCC3)C1. The van der Waals surface area contributed by atoms with Gasteiger partial charge in [-0.05, 0) is 67.5 Å². The van der Waals surface area contributed by atoms with Crippen molar-refractivity contribution in [2.45, 2.75) is 38.1 Å². The highest BCUT2D eigenvalue weighted by Crippen LogP contribution is 2.37. The average Bonchev–Trinajstić information content (AvgIpc) is 3.25. The van der Waals surface area contributed by atoms with E-state index in [4.69, 9.17) is 15.1 Å². The van der Waals surface area contributed by atoms with Gasteiger partial charge >= 0.3 is 0 Å². The summed E-state index contributed by atoms with van der Waals surface area (Å²) in [4.78, 5) is 20.6. The van der Waals surface area contributed by atoms with Crippen LogP contribution in [0.15, 0.2) is 47.1 Å². The molecule has 3 aromatic rings. The predicted molar refractivity (Wildman–Crippen MR) is 114 cm³/mol. The van der Waals surface area contributed by atoms with E-state index >= 15 is 0 Å². The topological polar surface area (TPSA) is 72.4 Å². The van der Waals surface area contributed by atoms with Crippen LogP contribution in [0.1, 0.15) is 53.1 Å². The molecule has 0 spiro atoms. The third-order valence-corrected chi connectivity index (χ3v) is 5.99. The Morgan fingerprint density at radius 1 is 1.17 bits per heavy atom. The highest BCUT2D eigenvalue weighted by molar-refractivity contribution is 6.09. The van der Waals surface area contributed by atoms with Crippen molar-refractivity contribution in [3.8, 4) is 0 Å². The number of carbonyl (C=O) groups excluding carboxylic acids is 1. The van der Waals surface area contributed by atoms with Gasteiger partial charge < -0.3 is 15.1 Å². The molecule has 148 valence electrons. The average molecular weight is 387 g/mol. The second-order valence-electron chi connectivity index (χ2n) is 8.02. The molecule has 0 radical (unpaired) electrons. The maximum absolute atomic E-state index is 13.7. The first-order valence-corrected chi connectivity index (χ1v) is 10.4. The lowest BCUT2D eigenvalue weighted by atomic mass is 9.85. The molecular weight excluding hydrogens is 362 g/mol. The number of para-hydroxylation sites is 1. The highest BCUT2D eigenvalue weighted by Gasteiger charge is 2.29. The minimum Gasteiger partial charge on any atom is -0.465 e. The van der Waals surface area contributed by atoms with Gasteiger partial charge in [-0.3, -0.25) is 4.79 Å². The van der Waals surface area contributed by atoms with E-state index in [-0.39, 0.29) is 11.9 Å².